The summed E-state index contributed by atoms with van der Waals surface area (Å²) in [7, 11) is 0. The molecule has 0 radical (unpaired) electrons. The van der Waals surface area contributed by atoms with Gasteiger partial charge < -0.3 is 10.8 Å². The second kappa shape index (κ2) is 3.16. The first-order valence-electron chi connectivity index (χ1n) is 3.58. The summed E-state index contributed by atoms with van der Waals surface area (Å²) in [6.07, 6.45) is 1.32. The molecule has 3 N–H and O–H groups in total. The van der Waals surface area contributed by atoms with Crippen LogP contribution in [0, 0.1) is 5.95 Å². The zero-order valence-electron chi connectivity index (χ0n) is 6.79. The van der Waals surface area contributed by atoms with Crippen molar-refractivity contribution in [1.82, 2.24) is 4.98 Å². The van der Waals surface area contributed by atoms with Crippen LogP contribution in [0.15, 0.2) is 18.3 Å². The minimum Gasteiger partial charge on any atom is -0.394 e. The number of hydrogen-bond acceptors (Lipinski definition) is 3. The van der Waals surface area contributed by atoms with Crippen molar-refractivity contribution in [3.05, 3.63) is 29.8 Å². The standard InChI is InChI=1S/C8H11FN2O/c1-8(10,5-12)6-2-3-7(9)11-4-6/h2-4,12H,5,10H2,1H3. The Hall–Kier alpha value is -1.00. The van der Waals surface area contributed by atoms with Crippen LogP contribution in [-0.2, 0) is 5.54 Å². The van der Waals surface area contributed by atoms with Gasteiger partial charge >= 0.3 is 0 Å². The predicted molar refractivity (Wildman–Crippen MR) is 42.8 cm³/mol. The van der Waals surface area contributed by atoms with E-state index in [1.54, 1.807) is 6.92 Å². The largest absolute Gasteiger partial charge is 0.394 e. The molecule has 0 fully saturated rings. The zero-order valence-corrected chi connectivity index (χ0v) is 6.79. The Bertz CT molecular complexity index is 258. The maximum atomic E-state index is 12.4. The third-order valence-electron chi connectivity index (χ3n) is 1.72. The Morgan fingerprint density at radius 1 is 1.67 bits per heavy atom. The number of nitrogens with zero attached hydrogens (tertiary/aromatic N) is 1. The molecule has 66 valence electrons. The molecule has 1 aromatic heterocycles. The van der Waals surface area contributed by atoms with Gasteiger partial charge in [-0.2, -0.15) is 4.39 Å². The van der Waals surface area contributed by atoms with Crippen LogP contribution in [0.25, 0.3) is 0 Å². The highest BCUT2D eigenvalue weighted by Gasteiger charge is 2.19. The van der Waals surface area contributed by atoms with E-state index in [1.165, 1.54) is 18.3 Å². The third-order valence-corrected chi connectivity index (χ3v) is 1.72. The van der Waals surface area contributed by atoms with Gasteiger partial charge in [0.05, 0.1) is 12.1 Å². The monoisotopic (exact) mass is 170 g/mol. The lowest BCUT2D eigenvalue weighted by Crippen LogP contribution is -2.37. The molecule has 1 rings (SSSR count). The van der Waals surface area contributed by atoms with Gasteiger partial charge in [0, 0.05) is 6.20 Å². The molecule has 0 saturated carbocycles. The normalized spacial score (nSPS) is 15.7. The Morgan fingerprint density at radius 2 is 2.33 bits per heavy atom. The van der Waals surface area contributed by atoms with Crippen molar-refractivity contribution in [2.24, 2.45) is 5.73 Å². The molecular weight excluding hydrogens is 159 g/mol. The highest BCUT2D eigenvalue weighted by atomic mass is 19.1. The van der Waals surface area contributed by atoms with Gasteiger partial charge in [0.15, 0.2) is 0 Å². The molecule has 1 atom stereocenters. The van der Waals surface area contributed by atoms with Crippen LogP contribution in [0.3, 0.4) is 0 Å². The SMILES string of the molecule is CC(N)(CO)c1ccc(F)nc1. The first-order chi connectivity index (χ1) is 5.56. The van der Waals surface area contributed by atoms with Crippen molar-refractivity contribution in [3.8, 4) is 0 Å². The van der Waals surface area contributed by atoms with Crippen molar-refractivity contribution in [2.75, 3.05) is 6.61 Å². The summed E-state index contributed by atoms with van der Waals surface area (Å²) in [6, 6.07) is 2.73. The molecule has 0 spiro atoms. The van der Waals surface area contributed by atoms with Crippen LogP contribution in [-0.4, -0.2) is 16.7 Å². The van der Waals surface area contributed by atoms with Gasteiger partial charge in [0.25, 0.3) is 0 Å². The van der Waals surface area contributed by atoms with Gasteiger partial charge in [0.1, 0.15) is 0 Å². The van der Waals surface area contributed by atoms with E-state index in [-0.39, 0.29) is 6.61 Å². The second-order valence-electron chi connectivity index (χ2n) is 2.95. The van der Waals surface area contributed by atoms with Crippen molar-refractivity contribution in [3.63, 3.8) is 0 Å². The van der Waals surface area contributed by atoms with E-state index < -0.39 is 11.5 Å². The lowest BCUT2D eigenvalue weighted by Gasteiger charge is -2.21. The molecule has 4 heteroatoms. The molecular formula is C8H11FN2O. The molecule has 12 heavy (non-hydrogen) atoms. The van der Waals surface area contributed by atoms with Crippen LogP contribution in [0.5, 0.6) is 0 Å². The molecule has 0 aliphatic heterocycles. The fraction of sp³-hybridized carbons (Fsp3) is 0.375. The number of halogens is 1. The summed E-state index contributed by atoms with van der Waals surface area (Å²) in [4.78, 5) is 3.44. The van der Waals surface area contributed by atoms with Crippen molar-refractivity contribution < 1.29 is 9.50 Å². The maximum Gasteiger partial charge on any atom is 0.212 e. The second-order valence-corrected chi connectivity index (χ2v) is 2.95. The third kappa shape index (κ3) is 1.78. The van der Waals surface area contributed by atoms with E-state index in [0.717, 1.165) is 0 Å². The fourth-order valence-corrected chi connectivity index (χ4v) is 0.805. The van der Waals surface area contributed by atoms with Crippen LogP contribution >= 0.6 is 0 Å². The number of pyridine rings is 1. The van der Waals surface area contributed by atoms with Crippen LogP contribution < -0.4 is 5.73 Å². The molecule has 0 aliphatic rings. The summed E-state index contributed by atoms with van der Waals surface area (Å²) in [5, 5.41) is 8.87. The van der Waals surface area contributed by atoms with E-state index in [1.807, 2.05) is 0 Å². The van der Waals surface area contributed by atoms with Gasteiger partial charge in [-0.3, -0.25) is 0 Å². The Labute approximate surface area is 70.0 Å². The van der Waals surface area contributed by atoms with Crippen molar-refractivity contribution in [2.45, 2.75) is 12.5 Å². The summed E-state index contributed by atoms with van der Waals surface area (Å²) in [6.45, 7) is 1.46. The van der Waals surface area contributed by atoms with E-state index >= 15 is 0 Å². The maximum absolute atomic E-state index is 12.4. The molecule has 1 heterocycles. The fourth-order valence-electron chi connectivity index (χ4n) is 0.805. The van der Waals surface area contributed by atoms with Crippen molar-refractivity contribution in [1.29, 1.82) is 0 Å². The number of rotatable bonds is 2. The lowest BCUT2D eigenvalue weighted by atomic mass is 9.96. The molecule has 0 aliphatic carbocycles. The summed E-state index contributed by atoms with van der Waals surface area (Å²) < 4.78 is 12.4. The quantitative estimate of drug-likeness (QED) is 0.631. The molecule has 0 saturated heterocycles. The van der Waals surface area contributed by atoms with Crippen LogP contribution in [0.4, 0.5) is 4.39 Å². The van der Waals surface area contributed by atoms with E-state index in [4.69, 9.17) is 10.8 Å². The van der Waals surface area contributed by atoms with Crippen LogP contribution in [0.2, 0.25) is 0 Å². The molecule has 1 unspecified atom stereocenters. The average Bonchev–Trinajstić information content (AvgIpc) is 2.05. The van der Waals surface area contributed by atoms with Gasteiger partial charge in [-0.1, -0.05) is 6.07 Å². The summed E-state index contributed by atoms with van der Waals surface area (Å²) >= 11 is 0. The Balaban J connectivity index is 2.96. The van der Waals surface area contributed by atoms with Gasteiger partial charge in [-0.15, -0.1) is 0 Å². The highest BCUT2D eigenvalue weighted by molar-refractivity contribution is 5.19. The topological polar surface area (TPSA) is 59.1 Å². The van der Waals surface area contributed by atoms with Crippen molar-refractivity contribution >= 4 is 0 Å². The van der Waals surface area contributed by atoms with E-state index in [0.29, 0.717) is 5.56 Å². The number of hydrogen-bond donors (Lipinski definition) is 2. The Kier molecular flexibility index (Phi) is 2.40. The Morgan fingerprint density at radius 3 is 2.75 bits per heavy atom. The summed E-state index contributed by atoms with van der Waals surface area (Å²) in [5.41, 5.74) is 5.45. The minimum absolute atomic E-state index is 0.194. The first kappa shape index (κ1) is 9.09. The van der Waals surface area contributed by atoms with E-state index in [2.05, 4.69) is 4.98 Å². The predicted octanol–water partition coefficient (Wildman–Crippen LogP) is 0.387. The highest BCUT2D eigenvalue weighted by Crippen LogP contribution is 2.15. The van der Waals surface area contributed by atoms with Gasteiger partial charge in [-0.05, 0) is 18.6 Å². The van der Waals surface area contributed by atoms with Crippen LogP contribution in [0.1, 0.15) is 12.5 Å². The number of aliphatic hydroxyl groups is 1. The molecule has 1 aromatic rings. The average molecular weight is 170 g/mol. The molecule has 0 bridgehead atoms. The summed E-state index contributed by atoms with van der Waals surface area (Å²) in [5.74, 6) is -0.549. The van der Waals surface area contributed by atoms with Gasteiger partial charge in [-0.25, -0.2) is 4.98 Å². The van der Waals surface area contributed by atoms with E-state index in [9.17, 15) is 4.39 Å². The number of nitrogens with two attached hydrogens (primary N) is 1. The number of aromatic nitrogens is 1. The number of aliphatic hydroxyl groups excluding tert-OH is 1. The first-order valence-corrected chi connectivity index (χ1v) is 3.58. The molecule has 0 aromatic carbocycles. The lowest BCUT2D eigenvalue weighted by molar-refractivity contribution is 0.209. The molecule has 0 amide bonds. The molecule has 3 nitrogen and oxygen atoms in total. The minimum atomic E-state index is -0.847. The van der Waals surface area contributed by atoms with Gasteiger partial charge in [0.2, 0.25) is 5.95 Å². The zero-order chi connectivity index (χ0) is 9.19. The smallest absolute Gasteiger partial charge is 0.212 e.